The van der Waals surface area contributed by atoms with E-state index in [1.807, 2.05) is 0 Å². The molecule has 2 heteroatoms. The zero-order valence-electron chi connectivity index (χ0n) is 10.3. The van der Waals surface area contributed by atoms with Gasteiger partial charge in [0.25, 0.3) is 0 Å². The molecule has 0 saturated carbocycles. The van der Waals surface area contributed by atoms with Crippen LogP contribution in [0.15, 0.2) is 30.3 Å². The lowest BCUT2D eigenvalue weighted by Gasteiger charge is -2.23. The van der Waals surface area contributed by atoms with Crippen molar-refractivity contribution in [1.29, 1.82) is 0 Å². The van der Waals surface area contributed by atoms with Gasteiger partial charge in [-0.25, -0.2) is 0 Å². The normalized spacial score (nSPS) is 23.5. The summed E-state index contributed by atoms with van der Waals surface area (Å²) in [5, 5.41) is 3.34. The Labute approximate surface area is 98.7 Å². The lowest BCUT2D eigenvalue weighted by molar-refractivity contribution is 0.365. The van der Waals surface area contributed by atoms with Crippen LogP contribution in [0.3, 0.4) is 0 Å². The van der Waals surface area contributed by atoms with Gasteiger partial charge in [-0.05, 0) is 38.5 Å². The molecule has 1 aliphatic rings. The average Bonchev–Trinajstić information content (AvgIpc) is 2.74. The molecule has 2 rings (SSSR count). The van der Waals surface area contributed by atoms with Gasteiger partial charge < -0.3 is 10.2 Å². The smallest absolute Gasteiger partial charge is 0.00203 e. The molecule has 2 nitrogen and oxygen atoms in total. The van der Waals surface area contributed by atoms with Crippen molar-refractivity contribution < 1.29 is 0 Å². The lowest BCUT2D eigenvalue weighted by Crippen LogP contribution is -2.26. The van der Waals surface area contributed by atoms with Crippen molar-refractivity contribution in [2.45, 2.75) is 12.3 Å². The zero-order chi connectivity index (χ0) is 11.4. The molecule has 0 bridgehead atoms. The van der Waals surface area contributed by atoms with Crippen LogP contribution < -0.4 is 5.32 Å². The van der Waals surface area contributed by atoms with E-state index in [0.29, 0.717) is 5.92 Å². The van der Waals surface area contributed by atoms with Crippen molar-refractivity contribution in [3.05, 3.63) is 35.9 Å². The third kappa shape index (κ3) is 2.63. The number of nitrogens with one attached hydrogen (secondary N) is 1. The van der Waals surface area contributed by atoms with Gasteiger partial charge in [0.1, 0.15) is 0 Å². The van der Waals surface area contributed by atoms with E-state index in [4.69, 9.17) is 0 Å². The van der Waals surface area contributed by atoms with Crippen LogP contribution in [0, 0.1) is 5.92 Å². The van der Waals surface area contributed by atoms with E-state index in [1.165, 1.54) is 25.1 Å². The predicted molar refractivity (Wildman–Crippen MR) is 68.7 cm³/mol. The summed E-state index contributed by atoms with van der Waals surface area (Å²) in [6.07, 6.45) is 1.33. The average molecular weight is 218 g/mol. The Morgan fingerprint density at radius 1 is 1.38 bits per heavy atom. The minimum absolute atomic E-state index is 0.663. The molecule has 88 valence electrons. The van der Waals surface area contributed by atoms with Crippen molar-refractivity contribution in [2.24, 2.45) is 5.92 Å². The zero-order valence-corrected chi connectivity index (χ0v) is 10.3. The van der Waals surface area contributed by atoms with E-state index in [1.54, 1.807) is 0 Å². The SMILES string of the molecule is CNCC(c1ccccc1)C1CCN(C)C1. The number of likely N-dealkylation sites (N-methyl/N-ethyl adjacent to an activating group) is 1. The third-order valence-corrected chi connectivity index (χ3v) is 3.65. The Morgan fingerprint density at radius 2 is 2.12 bits per heavy atom. The van der Waals surface area contributed by atoms with Gasteiger partial charge in [-0.2, -0.15) is 0 Å². The van der Waals surface area contributed by atoms with Crippen LogP contribution >= 0.6 is 0 Å². The molecular formula is C14H22N2. The molecule has 0 radical (unpaired) electrons. The van der Waals surface area contributed by atoms with Gasteiger partial charge in [0.2, 0.25) is 0 Å². The van der Waals surface area contributed by atoms with Crippen LogP contribution in [0.5, 0.6) is 0 Å². The molecule has 1 aliphatic heterocycles. The van der Waals surface area contributed by atoms with E-state index in [0.717, 1.165) is 12.5 Å². The highest BCUT2D eigenvalue weighted by Crippen LogP contribution is 2.30. The monoisotopic (exact) mass is 218 g/mol. The summed E-state index contributed by atoms with van der Waals surface area (Å²) in [4.78, 5) is 2.44. The second kappa shape index (κ2) is 5.46. The van der Waals surface area contributed by atoms with Gasteiger partial charge >= 0.3 is 0 Å². The Bertz CT molecular complexity index is 310. The molecule has 0 aromatic heterocycles. The molecule has 16 heavy (non-hydrogen) atoms. The van der Waals surface area contributed by atoms with Crippen LogP contribution in [-0.2, 0) is 0 Å². The molecule has 1 N–H and O–H groups in total. The largest absolute Gasteiger partial charge is 0.319 e. The first kappa shape index (κ1) is 11.6. The summed E-state index contributed by atoms with van der Waals surface area (Å²) in [5.41, 5.74) is 1.48. The Hall–Kier alpha value is -0.860. The van der Waals surface area contributed by atoms with Crippen LogP contribution in [0.25, 0.3) is 0 Å². The first-order valence-electron chi connectivity index (χ1n) is 6.19. The maximum Gasteiger partial charge on any atom is 0.00203 e. The molecule has 0 amide bonds. The van der Waals surface area contributed by atoms with E-state index in [-0.39, 0.29) is 0 Å². The highest BCUT2D eigenvalue weighted by Gasteiger charge is 2.28. The van der Waals surface area contributed by atoms with Gasteiger partial charge in [0.15, 0.2) is 0 Å². The van der Waals surface area contributed by atoms with Gasteiger partial charge in [-0.15, -0.1) is 0 Å². The molecule has 1 heterocycles. The highest BCUT2D eigenvalue weighted by atomic mass is 15.1. The highest BCUT2D eigenvalue weighted by molar-refractivity contribution is 5.21. The molecule has 0 aliphatic carbocycles. The molecule has 0 spiro atoms. The van der Waals surface area contributed by atoms with Crippen molar-refractivity contribution in [3.8, 4) is 0 Å². The van der Waals surface area contributed by atoms with E-state index < -0.39 is 0 Å². The third-order valence-electron chi connectivity index (χ3n) is 3.65. The molecule has 1 aromatic carbocycles. The fourth-order valence-electron chi connectivity index (χ4n) is 2.77. The van der Waals surface area contributed by atoms with Gasteiger partial charge in [0.05, 0.1) is 0 Å². The predicted octanol–water partition coefficient (Wildman–Crippen LogP) is 1.94. The minimum Gasteiger partial charge on any atom is -0.319 e. The summed E-state index contributed by atoms with van der Waals surface area (Å²) < 4.78 is 0. The van der Waals surface area contributed by atoms with E-state index in [2.05, 4.69) is 54.6 Å². The maximum absolute atomic E-state index is 3.34. The fourth-order valence-corrected chi connectivity index (χ4v) is 2.77. The number of hydrogen-bond donors (Lipinski definition) is 1. The van der Waals surface area contributed by atoms with E-state index >= 15 is 0 Å². The molecule has 1 fully saturated rings. The second-order valence-corrected chi connectivity index (χ2v) is 4.89. The van der Waals surface area contributed by atoms with Crippen molar-refractivity contribution in [2.75, 3.05) is 33.7 Å². The number of benzene rings is 1. The van der Waals surface area contributed by atoms with Gasteiger partial charge in [0, 0.05) is 19.0 Å². The number of likely N-dealkylation sites (tertiary alicyclic amines) is 1. The van der Waals surface area contributed by atoms with Crippen molar-refractivity contribution >= 4 is 0 Å². The summed E-state index contributed by atoms with van der Waals surface area (Å²) in [6, 6.07) is 10.9. The van der Waals surface area contributed by atoms with Gasteiger partial charge in [-0.1, -0.05) is 30.3 Å². The topological polar surface area (TPSA) is 15.3 Å². The van der Waals surface area contributed by atoms with Crippen LogP contribution in [-0.4, -0.2) is 38.6 Å². The number of nitrogens with zero attached hydrogens (tertiary/aromatic N) is 1. The number of rotatable bonds is 4. The quantitative estimate of drug-likeness (QED) is 0.831. The number of hydrogen-bond acceptors (Lipinski definition) is 2. The second-order valence-electron chi connectivity index (χ2n) is 4.89. The Balaban J connectivity index is 2.11. The van der Waals surface area contributed by atoms with Crippen LogP contribution in [0.4, 0.5) is 0 Å². The first-order valence-corrected chi connectivity index (χ1v) is 6.19. The summed E-state index contributed by atoms with van der Waals surface area (Å²) in [7, 11) is 4.27. The molecule has 2 unspecified atom stereocenters. The fraction of sp³-hybridized carbons (Fsp3) is 0.571. The Kier molecular flexibility index (Phi) is 3.97. The Morgan fingerprint density at radius 3 is 2.69 bits per heavy atom. The standard InChI is InChI=1S/C14H22N2/c1-15-10-14(12-6-4-3-5-7-12)13-8-9-16(2)11-13/h3-7,13-15H,8-11H2,1-2H3. The molecule has 2 atom stereocenters. The summed E-state index contributed by atoms with van der Waals surface area (Å²) >= 11 is 0. The maximum atomic E-state index is 3.34. The molecular weight excluding hydrogens is 196 g/mol. The van der Waals surface area contributed by atoms with Crippen LogP contribution in [0.2, 0.25) is 0 Å². The first-order chi connectivity index (χ1) is 7.81. The van der Waals surface area contributed by atoms with Crippen molar-refractivity contribution in [3.63, 3.8) is 0 Å². The van der Waals surface area contributed by atoms with Gasteiger partial charge in [-0.3, -0.25) is 0 Å². The molecule has 1 saturated heterocycles. The minimum atomic E-state index is 0.663. The molecule has 1 aromatic rings. The van der Waals surface area contributed by atoms with Crippen molar-refractivity contribution in [1.82, 2.24) is 10.2 Å². The summed E-state index contributed by atoms with van der Waals surface area (Å²) in [6.45, 7) is 3.57. The summed E-state index contributed by atoms with van der Waals surface area (Å²) in [5.74, 6) is 1.47. The van der Waals surface area contributed by atoms with E-state index in [9.17, 15) is 0 Å². The lowest BCUT2D eigenvalue weighted by atomic mass is 9.85. The van der Waals surface area contributed by atoms with Crippen LogP contribution in [0.1, 0.15) is 17.9 Å².